The van der Waals surface area contributed by atoms with Crippen molar-refractivity contribution in [3.8, 4) is 0 Å². The Labute approximate surface area is 104 Å². The molecule has 0 rings (SSSR count). The highest BCUT2D eigenvalue weighted by Crippen LogP contribution is 2.39. The molecule has 0 bridgehead atoms. The van der Waals surface area contributed by atoms with E-state index in [0.717, 1.165) is 8.97 Å². The van der Waals surface area contributed by atoms with Crippen LogP contribution in [0.1, 0.15) is 13.8 Å². The van der Waals surface area contributed by atoms with Gasteiger partial charge in [0, 0.05) is 5.04 Å². The number of quaternary nitrogens is 2. The van der Waals surface area contributed by atoms with E-state index < -0.39 is 8.07 Å². The molecule has 0 fully saturated rings. The molecule has 3 heteroatoms. The summed E-state index contributed by atoms with van der Waals surface area (Å²) in [5.41, 5.74) is 0. The first-order valence-corrected chi connectivity index (χ1v) is 9.48. The van der Waals surface area contributed by atoms with Gasteiger partial charge in [-0.05, 0) is 0 Å². The third kappa shape index (κ3) is 5.46. The van der Waals surface area contributed by atoms with E-state index in [9.17, 15) is 0 Å². The molecule has 0 aliphatic rings. The molecular formula is C13H34N2Si+2. The fourth-order valence-electron chi connectivity index (χ4n) is 2.80. The van der Waals surface area contributed by atoms with Crippen molar-refractivity contribution in [3.63, 3.8) is 0 Å². The van der Waals surface area contributed by atoms with Crippen molar-refractivity contribution in [3.05, 3.63) is 0 Å². The monoisotopic (exact) mass is 246 g/mol. The molecule has 0 saturated heterocycles. The molecule has 0 heterocycles. The van der Waals surface area contributed by atoms with Gasteiger partial charge in [0.05, 0.1) is 55.0 Å². The van der Waals surface area contributed by atoms with Gasteiger partial charge in [0.15, 0.2) is 0 Å². The molecule has 2 nitrogen and oxygen atoms in total. The minimum Gasteiger partial charge on any atom is -0.334 e. The van der Waals surface area contributed by atoms with Crippen molar-refractivity contribution in [2.45, 2.75) is 32.0 Å². The molecule has 0 atom stereocenters. The van der Waals surface area contributed by atoms with Crippen molar-refractivity contribution in [2.75, 3.05) is 55.0 Å². The van der Waals surface area contributed by atoms with E-state index >= 15 is 0 Å². The quantitative estimate of drug-likeness (QED) is 0.516. The molecule has 0 radical (unpaired) electrons. The van der Waals surface area contributed by atoms with E-state index in [-0.39, 0.29) is 0 Å². The van der Waals surface area contributed by atoms with Gasteiger partial charge in [0.25, 0.3) is 0 Å². The van der Waals surface area contributed by atoms with Crippen molar-refractivity contribution in [1.82, 2.24) is 0 Å². The number of hydrogen-bond donors (Lipinski definition) is 0. The molecular weight excluding hydrogens is 212 g/mol. The predicted octanol–water partition coefficient (Wildman–Crippen LogP) is 2.43. The second-order valence-corrected chi connectivity index (χ2v) is 14.1. The highest BCUT2D eigenvalue weighted by atomic mass is 28.3. The summed E-state index contributed by atoms with van der Waals surface area (Å²) in [6, 6.07) is 0. The molecule has 16 heavy (non-hydrogen) atoms. The fraction of sp³-hybridized carbons (Fsp3) is 1.00. The summed E-state index contributed by atoms with van der Waals surface area (Å²) in [5.74, 6) is 0. The van der Waals surface area contributed by atoms with Crippen LogP contribution >= 0.6 is 0 Å². The van der Waals surface area contributed by atoms with Gasteiger partial charge in [-0.3, -0.25) is 0 Å². The average Bonchev–Trinajstić information content (AvgIpc) is 1.72. The van der Waals surface area contributed by atoms with Crippen LogP contribution in [0.15, 0.2) is 0 Å². The molecule has 0 saturated carbocycles. The van der Waals surface area contributed by atoms with Crippen LogP contribution < -0.4 is 0 Å². The summed E-state index contributed by atoms with van der Waals surface area (Å²) in [4.78, 5) is 0. The van der Waals surface area contributed by atoms with Crippen molar-refractivity contribution in [1.29, 1.82) is 0 Å². The Morgan fingerprint density at radius 3 is 1.44 bits per heavy atom. The summed E-state index contributed by atoms with van der Waals surface area (Å²) in [6.07, 6.45) is 1.35. The van der Waals surface area contributed by atoms with Gasteiger partial charge in [0.1, 0.15) is 8.07 Å². The van der Waals surface area contributed by atoms with Crippen LogP contribution in [-0.2, 0) is 0 Å². The number of nitrogens with zero attached hydrogens (tertiary/aromatic N) is 2. The Hall–Kier alpha value is 0.137. The molecule has 0 amide bonds. The van der Waals surface area contributed by atoms with Crippen LogP contribution in [0.4, 0.5) is 0 Å². The Morgan fingerprint density at radius 2 is 1.19 bits per heavy atom. The van der Waals surface area contributed by atoms with Crippen LogP contribution in [0, 0.1) is 0 Å². The van der Waals surface area contributed by atoms with Crippen LogP contribution in [0.3, 0.4) is 0 Å². The summed E-state index contributed by atoms with van der Waals surface area (Å²) >= 11 is 0. The Morgan fingerprint density at radius 1 is 0.812 bits per heavy atom. The van der Waals surface area contributed by atoms with E-state index in [1.165, 1.54) is 12.7 Å². The Bertz CT molecular complexity index is 205. The van der Waals surface area contributed by atoms with Gasteiger partial charge in [-0.1, -0.05) is 26.9 Å². The topological polar surface area (TPSA) is 0 Å². The van der Waals surface area contributed by atoms with Crippen LogP contribution in [0.2, 0.25) is 18.1 Å². The van der Waals surface area contributed by atoms with Gasteiger partial charge in [0.2, 0.25) is 0 Å². The first-order chi connectivity index (χ1) is 6.66. The van der Waals surface area contributed by atoms with Gasteiger partial charge in [-0.2, -0.15) is 0 Å². The molecule has 0 spiro atoms. The molecule has 0 aliphatic heterocycles. The average molecular weight is 247 g/mol. The van der Waals surface area contributed by atoms with Crippen LogP contribution in [-0.4, -0.2) is 72.0 Å². The van der Waals surface area contributed by atoms with E-state index in [0.29, 0.717) is 5.04 Å². The first kappa shape index (κ1) is 16.1. The van der Waals surface area contributed by atoms with Gasteiger partial charge in [-0.15, -0.1) is 0 Å². The second-order valence-electron chi connectivity index (χ2n) is 8.66. The molecule has 0 unspecified atom stereocenters. The highest BCUT2D eigenvalue weighted by Gasteiger charge is 2.46. The van der Waals surface area contributed by atoms with E-state index in [1.807, 2.05) is 0 Å². The zero-order valence-electron chi connectivity index (χ0n) is 13.3. The second kappa shape index (κ2) is 4.43. The maximum atomic E-state index is 2.55. The molecule has 0 aromatic rings. The maximum absolute atomic E-state index is 2.55. The standard InChI is InChI=1S/C13H34N2Si/c1-13(2,11-14(3,4)5)16(9,10)12-15(6,7)8/h11-12H2,1-10H3/q+2. The van der Waals surface area contributed by atoms with E-state index in [2.05, 4.69) is 69.2 Å². The van der Waals surface area contributed by atoms with Crippen LogP contribution in [0.5, 0.6) is 0 Å². The summed E-state index contributed by atoms with van der Waals surface area (Å²) in [7, 11) is 12.6. The Kier molecular flexibility index (Phi) is 4.47. The van der Waals surface area contributed by atoms with E-state index in [1.54, 1.807) is 0 Å². The molecule has 98 valence electrons. The first-order valence-electron chi connectivity index (χ1n) is 6.27. The van der Waals surface area contributed by atoms with Crippen LogP contribution in [0.25, 0.3) is 0 Å². The Balaban J connectivity index is 4.85. The molecule has 0 aromatic heterocycles. The third-order valence-corrected chi connectivity index (χ3v) is 9.13. The normalized spacial score (nSPS) is 15.4. The number of hydrogen-bond acceptors (Lipinski definition) is 0. The summed E-state index contributed by atoms with van der Waals surface area (Å²) in [5, 5.41) is 0.483. The molecule has 0 N–H and O–H groups in total. The van der Waals surface area contributed by atoms with E-state index in [4.69, 9.17) is 0 Å². The van der Waals surface area contributed by atoms with Gasteiger partial charge < -0.3 is 8.97 Å². The zero-order valence-corrected chi connectivity index (χ0v) is 14.3. The largest absolute Gasteiger partial charge is 0.334 e. The number of rotatable bonds is 5. The minimum atomic E-state index is -1.22. The lowest BCUT2D eigenvalue weighted by atomic mass is 10.2. The predicted molar refractivity (Wildman–Crippen MR) is 77.3 cm³/mol. The van der Waals surface area contributed by atoms with Crippen molar-refractivity contribution < 1.29 is 8.97 Å². The van der Waals surface area contributed by atoms with Crippen molar-refractivity contribution in [2.24, 2.45) is 0 Å². The fourth-order valence-corrected chi connectivity index (χ4v) is 6.50. The lowest BCUT2D eigenvalue weighted by molar-refractivity contribution is -0.873. The third-order valence-electron chi connectivity index (χ3n) is 3.57. The minimum absolute atomic E-state index is 0.483. The van der Waals surface area contributed by atoms with Gasteiger partial charge in [-0.25, -0.2) is 0 Å². The zero-order chi connectivity index (χ0) is 13.4. The highest BCUT2D eigenvalue weighted by molar-refractivity contribution is 6.80. The summed E-state index contributed by atoms with van der Waals surface area (Å²) in [6.45, 7) is 11.3. The summed E-state index contributed by atoms with van der Waals surface area (Å²) < 4.78 is 2.17. The molecule has 0 aromatic carbocycles. The maximum Gasteiger partial charge on any atom is 0.124 e. The van der Waals surface area contributed by atoms with Gasteiger partial charge >= 0.3 is 0 Å². The smallest absolute Gasteiger partial charge is 0.124 e. The SMILES string of the molecule is CC(C)(C[N+](C)(C)C)[Si](C)(C)C[N+](C)(C)C. The molecule has 0 aliphatic carbocycles. The van der Waals surface area contributed by atoms with Crippen molar-refractivity contribution >= 4 is 8.07 Å². The lowest BCUT2D eigenvalue weighted by Gasteiger charge is -2.45. The lowest BCUT2D eigenvalue weighted by Crippen LogP contribution is -2.58.